The fraction of sp³-hybridized carbons (Fsp3) is 0.545. The quantitative estimate of drug-likeness (QED) is 0.735. The van der Waals surface area contributed by atoms with Crippen LogP contribution in [0.1, 0.15) is 30.3 Å². The van der Waals surface area contributed by atoms with Gasteiger partial charge < -0.3 is 9.88 Å². The number of carbonyl (C=O) groups excluding carboxylic acids is 1. The van der Waals surface area contributed by atoms with Gasteiger partial charge in [-0.1, -0.05) is 0 Å². The van der Waals surface area contributed by atoms with Gasteiger partial charge in [-0.05, 0) is 38.4 Å². The highest BCUT2D eigenvalue weighted by Gasteiger charge is 2.24. The van der Waals surface area contributed by atoms with Crippen LogP contribution in [0.3, 0.4) is 0 Å². The largest absolute Gasteiger partial charge is 0.345 e. The molecule has 1 atom stereocenters. The zero-order valence-electron chi connectivity index (χ0n) is 8.49. The highest BCUT2D eigenvalue weighted by Crippen LogP contribution is 2.12. The summed E-state index contributed by atoms with van der Waals surface area (Å²) in [6.07, 6.45) is 4.05. The van der Waals surface area contributed by atoms with Gasteiger partial charge in [0, 0.05) is 12.7 Å². The molecular weight excluding hydrogens is 176 g/mol. The Labute approximate surface area is 84.1 Å². The van der Waals surface area contributed by atoms with Crippen LogP contribution >= 0.6 is 0 Å². The van der Waals surface area contributed by atoms with Crippen LogP contribution in [-0.4, -0.2) is 22.9 Å². The molecule has 1 N–H and O–H groups in total. The molecule has 3 heteroatoms. The van der Waals surface area contributed by atoms with Crippen LogP contribution in [0.4, 0.5) is 0 Å². The normalized spacial score (nSPS) is 21.4. The summed E-state index contributed by atoms with van der Waals surface area (Å²) in [5.74, 6) is 0.245. The average Bonchev–Trinajstić information content (AvgIpc) is 2.87. The van der Waals surface area contributed by atoms with Crippen LogP contribution in [0, 0.1) is 0 Å². The Hall–Kier alpha value is -1.09. The first kappa shape index (κ1) is 9.46. The van der Waals surface area contributed by atoms with Gasteiger partial charge in [0.25, 0.3) is 0 Å². The molecule has 2 heterocycles. The van der Waals surface area contributed by atoms with Gasteiger partial charge in [-0.25, -0.2) is 0 Å². The lowest BCUT2D eigenvalue weighted by atomic mass is 10.1. The number of nitrogens with one attached hydrogen (secondary N) is 1. The van der Waals surface area contributed by atoms with Gasteiger partial charge in [0.1, 0.15) is 0 Å². The minimum absolute atomic E-state index is 0.0511. The van der Waals surface area contributed by atoms with Gasteiger partial charge in [-0.15, -0.1) is 0 Å². The minimum Gasteiger partial charge on any atom is -0.345 e. The fourth-order valence-electron chi connectivity index (χ4n) is 2.00. The Bertz CT molecular complexity index is 324. The summed E-state index contributed by atoms with van der Waals surface area (Å²) in [5.41, 5.74) is 0.840. The molecule has 0 amide bonds. The van der Waals surface area contributed by atoms with Crippen molar-refractivity contribution in [3.05, 3.63) is 24.0 Å². The predicted molar refractivity (Wildman–Crippen MR) is 55.5 cm³/mol. The molecule has 1 aliphatic rings. The molecule has 14 heavy (non-hydrogen) atoms. The van der Waals surface area contributed by atoms with Crippen LogP contribution in [0.2, 0.25) is 0 Å². The number of rotatable bonds is 3. The van der Waals surface area contributed by atoms with Gasteiger partial charge in [-0.3, -0.25) is 4.79 Å². The number of carbonyl (C=O) groups is 1. The Morgan fingerprint density at radius 1 is 1.71 bits per heavy atom. The maximum Gasteiger partial charge on any atom is 0.196 e. The van der Waals surface area contributed by atoms with Crippen LogP contribution in [0.5, 0.6) is 0 Å². The number of Topliss-reactive ketones (excluding diaryl/α,β-unsaturated/α-hetero) is 1. The molecule has 76 valence electrons. The van der Waals surface area contributed by atoms with Crippen molar-refractivity contribution in [2.24, 2.45) is 0 Å². The van der Waals surface area contributed by atoms with Crippen molar-refractivity contribution in [1.29, 1.82) is 0 Å². The summed E-state index contributed by atoms with van der Waals surface area (Å²) in [7, 11) is 0. The molecule has 0 saturated carbocycles. The second kappa shape index (κ2) is 3.96. The van der Waals surface area contributed by atoms with Crippen LogP contribution in [-0.2, 0) is 6.54 Å². The molecule has 1 aliphatic heterocycles. The number of hydrogen-bond donors (Lipinski definition) is 1. The Morgan fingerprint density at radius 2 is 2.57 bits per heavy atom. The number of aromatic nitrogens is 1. The SMILES string of the molecule is CCn1cccc1C(=O)C1CCCN1. The summed E-state index contributed by atoms with van der Waals surface area (Å²) < 4.78 is 2.00. The van der Waals surface area contributed by atoms with E-state index in [0.717, 1.165) is 31.6 Å². The van der Waals surface area contributed by atoms with E-state index < -0.39 is 0 Å². The molecule has 1 saturated heterocycles. The van der Waals surface area contributed by atoms with Crippen molar-refractivity contribution in [1.82, 2.24) is 9.88 Å². The molecule has 3 nitrogen and oxygen atoms in total. The van der Waals surface area contributed by atoms with Crippen molar-refractivity contribution in [3.63, 3.8) is 0 Å². The molecule has 1 unspecified atom stereocenters. The zero-order valence-corrected chi connectivity index (χ0v) is 8.49. The summed E-state index contributed by atoms with van der Waals surface area (Å²) in [6.45, 7) is 3.89. The van der Waals surface area contributed by atoms with E-state index in [1.165, 1.54) is 0 Å². The second-order valence-corrected chi connectivity index (χ2v) is 3.69. The standard InChI is InChI=1S/C11H16N2O/c1-2-13-8-4-6-10(13)11(14)9-5-3-7-12-9/h4,6,8-9,12H,2-3,5,7H2,1H3. The lowest BCUT2D eigenvalue weighted by Crippen LogP contribution is -2.32. The Kier molecular flexibility index (Phi) is 2.68. The van der Waals surface area contributed by atoms with Crippen molar-refractivity contribution in [2.45, 2.75) is 32.4 Å². The third-order valence-corrected chi connectivity index (χ3v) is 2.80. The van der Waals surface area contributed by atoms with E-state index in [1.807, 2.05) is 22.9 Å². The highest BCUT2D eigenvalue weighted by atomic mass is 16.1. The molecule has 1 fully saturated rings. The van der Waals surface area contributed by atoms with Crippen molar-refractivity contribution < 1.29 is 4.79 Å². The predicted octanol–water partition coefficient (Wildman–Crippen LogP) is 1.44. The molecular formula is C11H16N2O. The highest BCUT2D eigenvalue weighted by molar-refractivity contribution is 5.99. The van der Waals surface area contributed by atoms with Crippen LogP contribution in [0.15, 0.2) is 18.3 Å². The number of ketones is 1. The van der Waals surface area contributed by atoms with E-state index in [9.17, 15) is 4.79 Å². The summed E-state index contributed by atoms with van der Waals surface area (Å²) in [4.78, 5) is 12.0. The Morgan fingerprint density at radius 3 is 3.21 bits per heavy atom. The van der Waals surface area contributed by atoms with E-state index in [4.69, 9.17) is 0 Å². The molecule has 0 aliphatic carbocycles. The summed E-state index contributed by atoms with van der Waals surface area (Å²) >= 11 is 0. The van der Waals surface area contributed by atoms with E-state index in [1.54, 1.807) is 0 Å². The van der Waals surface area contributed by atoms with Gasteiger partial charge >= 0.3 is 0 Å². The number of nitrogens with zero attached hydrogens (tertiary/aromatic N) is 1. The van der Waals surface area contributed by atoms with Gasteiger partial charge in [0.05, 0.1) is 11.7 Å². The van der Waals surface area contributed by atoms with Crippen LogP contribution in [0.25, 0.3) is 0 Å². The van der Waals surface area contributed by atoms with Crippen molar-refractivity contribution >= 4 is 5.78 Å². The third-order valence-electron chi connectivity index (χ3n) is 2.80. The third kappa shape index (κ3) is 1.60. The lowest BCUT2D eigenvalue weighted by Gasteiger charge is -2.10. The van der Waals surface area contributed by atoms with Crippen molar-refractivity contribution in [3.8, 4) is 0 Å². The molecule has 1 aromatic heterocycles. The maximum absolute atomic E-state index is 12.0. The topological polar surface area (TPSA) is 34.0 Å². The smallest absolute Gasteiger partial charge is 0.196 e. The maximum atomic E-state index is 12.0. The van der Waals surface area contributed by atoms with Crippen molar-refractivity contribution in [2.75, 3.05) is 6.54 Å². The molecule has 0 bridgehead atoms. The second-order valence-electron chi connectivity index (χ2n) is 3.69. The van der Waals surface area contributed by atoms with Crippen LogP contribution < -0.4 is 5.32 Å². The zero-order chi connectivity index (χ0) is 9.97. The summed E-state index contributed by atoms with van der Waals surface area (Å²) in [5, 5.41) is 3.23. The van der Waals surface area contributed by atoms with Gasteiger partial charge in [0.2, 0.25) is 0 Å². The monoisotopic (exact) mass is 192 g/mol. The molecule has 1 aromatic rings. The van der Waals surface area contributed by atoms with E-state index in [-0.39, 0.29) is 11.8 Å². The number of hydrogen-bond acceptors (Lipinski definition) is 2. The first-order valence-corrected chi connectivity index (χ1v) is 5.25. The lowest BCUT2D eigenvalue weighted by molar-refractivity contribution is 0.0943. The Balaban J connectivity index is 2.17. The minimum atomic E-state index is 0.0511. The first-order chi connectivity index (χ1) is 6.83. The summed E-state index contributed by atoms with van der Waals surface area (Å²) in [6, 6.07) is 3.90. The van der Waals surface area contributed by atoms with E-state index in [0.29, 0.717) is 0 Å². The van der Waals surface area contributed by atoms with E-state index >= 15 is 0 Å². The molecule has 0 radical (unpaired) electrons. The van der Waals surface area contributed by atoms with Gasteiger partial charge in [0.15, 0.2) is 5.78 Å². The molecule has 0 aromatic carbocycles. The van der Waals surface area contributed by atoms with E-state index in [2.05, 4.69) is 12.2 Å². The molecule has 0 spiro atoms. The first-order valence-electron chi connectivity index (χ1n) is 5.25. The fourth-order valence-corrected chi connectivity index (χ4v) is 2.00. The average molecular weight is 192 g/mol. The molecule has 2 rings (SSSR count). The van der Waals surface area contributed by atoms with Gasteiger partial charge in [-0.2, -0.15) is 0 Å². The number of aryl methyl sites for hydroxylation is 1.